The molecule has 0 radical (unpaired) electrons. The first kappa shape index (κ1) is 52.3. The number of hydrogen-bond donors (Lipinski definition) is 3. The number of allylic oxidation sites excluding steroid dienone is 12. The second kappa shape index (κ2) is 42.4. The summed E-state index contributed by atoms with van der Waals surface area (Å²) in [5, 5.41) is 23.6. The van der Waals surface area contributed by atoms with Gasteiger partial charge >= 0.3 is 5.97 Å². The van der Waals surface area contributed by atoms with E-state index in [0.717, 1.165) is 89.9 Å². The lowest BCUT2D eigenvalue weighted by atomic mass is 10.0. The molecular weight excluding hydrogens is 683 g/mol. The van der Waals surface area contributed by atoms with Crippen molar-refractivity contribution in [2.45, 2.75) is 219 Å². The number of aliphatic hydroxyl groups is 2. The number of aliphatic hydroxyl groups excluding tert-OH is 2. The summed E-state index contributed by atoms with van der Waals surface area (Å²) >= 11 is 0. The Bertz CT molecular complexity index is 1040. The lowest BCUT2D eigenvalue weighted by Gasteiger charge is -2.24. The van der Waals surface area contributed by atoms with Crippen LogP contribution in [-0.4, -0.2) is 46.9 Å². The van der Waals surface area contributed by atoms with Crippen LogP contribution in [0.5, 0.6) is 0 Å². The van der Waals surface area contributed by atoms with Crippen LogP contribution in [0.15, 0.2) is 72.9 Å². The van der Waals surface area contributed by atoms with E-state index in [1.807, 2.05) is 42.5 Å². The van der Waals surface area contributed by atoms with Crippen LogP contribution in [0.25, 0.3) is 0 Å². The van der Waals surface area contributed by atoms with E-state index in [-0.39, 0.29) is 24.9 Å². The molecule has 3 N–H and O–H groups in total. The first-order chi connectivity index (χ1) is 27.0. The van der Waals surface area contributed by atoms with Gasteiger partial charge in [-0.1, -0.05) is 196 Å². The maximum Gasteiger partial charge on any atom is 0.306 e. The third-order valence-corrected chi connectivity index (χ3v) is 9.88. The minimum absolute atomic E-state index is 0.0454. The zero-order valence-electron chi connectivity index (χ0n) is 35.8. The monoisotopic (exact) mass is 768 g/mol. The molecule has 0 aromatic carbocycles. The van der Waals surface area contributed by atoms with E-state index in [9.17, 15) is 19.8 Å². The molecule has 3 unspecified atom stereocenters. The number of rotatable bonds is 39. The Morgan fingerprint density at radius 3 is 1.62 bits per heavy atom. The summed E-state index contributed by atoms with van der Waals surface area (Å²) in [6.45, 7) is 6.23. The van der Waals surface area contributed by atoms with Gasteiger partial charge in [-0.2, -0.15) is 0 Å². The van der Waals surface area contributed by atoms with Crippen LogP contribution in [0.3, 0.4) is 0 Å². The molecule has 55 heavy (non-hydrogen) atoms. The third-order valence-electron chi connectivity index (χ3n) is 9.88. The molecule has 0 spiro atoms. The normalized spacial score (nSPS) is 14.1. The second-order valence-electron chi connectivity index (χ2n) is 15.2. The Kier molecular flexibility index (Phi) is 40.4. The fourth-order valence-electron chi connectivity index (χ4n) is 6.45. The van der Waals surface area contributed by atoms with Gasteiger partial charge in [-0.15, -0.1) is 0 Å². The van der Waals surface area contributed by atoms with E-state index >= 15 is 0 Å². The van der Waals surface area contributed by atoms with Gasteiger partial charge in [0.2, 0.25) is 5.91 Å². The van der Waals surface area contributed by atoms with Crippen LogP contribution < -0.4 is 5.32 Å². The molecule has 6 nitrogen and oxygen atoms in total. The van der Waals surface area contributed by atoms with Gasteiger partial charge < -0.3 is 20.3 Å². The molecule has 1 amide bonds. The van der Waals surface area contributed by atoms with Crippen molar-refractivity contribution >= 4 is 11.9 Å². The van der Waals surface area contributed by atoms with Gasteiger partial charge in [-0.25, -0.2) is 0 Å². The van der Waals surface area contributed by atoms with Gasteiger partial charge in [0.1, 0.15) is 6.10 Å². The molecule has 0 saturated carbocycles. The Balaban J connectivity index is 4.58. The van der Waals surface area contributed by atoms with E-state index in [0.29, 0.717) is 19.3 Å². The van der Waals surface area contributed by atoms with Crippen molar-refractivity contribution in [2.75, 3.05) is 6.61 Å². The first-order valence-corrected chi connectivity index (χ1v) is 22.7. The minimum Gasteiger partial charge on any atom is -0.462 e. The predicted molar refractivity (Wildman–Crippen MR) is 236 cm³/mol. The summed E-state index contributed by atoms with van der Waals surface area (Å²) in [5.74, 6) is -0.549. The number of nitrogens with one attached hydrogen (secondary N) is 1. The Morgan fingerprint density at radius 1 is 0.545 bits per heavy atom. The van der Waals surface area contributed by atoms with E-state index in [1.165, 1.54) is 64.2 Å². The van der Waals surface area contributed by atoms with Crippen LogP contribution in [0.4, 0.5) is 0 Å². The number of carbonyl (C=O) groups is 2. The molecule has 0 bridgehead atoms. The van der Waals surface area contributed by atoms with Crippen molar-refractivity contribution in [3.05, 3.63) is 72.9 Å². The molecule has 6 heteroatoms. The van der Waals surface area contributed by atoms with Crippen molar-refractivity contribution in [3.8, 4) is 0 Å². The number of amides is 1. The van der Waals surface area contributed by atoms with E-state index in [2.05, 4.69) is 56.5 Å². The highest BCUT2D eigenvalue weighted by atomic mass is 16.5. The molecule has 0 aliphatic rings. The van der Waals surface area contributed by atoms with Crippen LogP contribution in [0.2, 0.25) is 0 Å². The fourth-order valence-corrected chi connectivity index (χ4v) is 6.45. The number of unbranched alkanes of at least 4 members (excludes halogenated alkanes) is 19. The standard InChI is InChI=1S/C49H85NO5/c1-4-7-10-13-16-19-21-23-24-26-28-30-33-36-39-42-49(54)55-45(40-37-34-31-18-15-12-9-6-3)43-48(53)50-46(44-51)47(52)41-38-35-32-29-27-25-22-20-17-14-11-8-5-2/h7,10,12-13,15-16,19,21,23-24,26,28,45-47,51-52H,4-6,8-9,11,14,17-18,20,22,25,27,29-44H2,1-3H3,(H,50,53)/b10-7+,15-12-,16-13+,21-19-,24-23-,28-26+. The first-order valence-electron chi connectivity index (χ1n) is 22.7. The third kappa shape index (κ3) is 38.0. The molecule has 0 saturated heterocycles. The second-order valence-corrected chi connectivity index (χ2v) is 15.2. The molecule has 0 fully saturated rings. The summed E-state index contributed by atoms with van der Waals surface area (Å²) in [5.41, 5.74) is 0. The largest absolute Gasteiger partial charge is 0.462 e. The summed E-state index contributed by atoms with van der Waals surface area (Å²) in [6, 6.07) is -0.716. The number of carbonyl (C=O) groups excluding carboxylic acids is 2. The quantitative estimate of drug-likeness (QED) is 0.0250. The lowest BCUT2D eigenvalue weighted by Crippen LogP contribution is -2.46. The van der Waals surface area contributed by atoms with E-state index in [1.54, 1.807) is 0 Å². The van der Waals surface area contributed by atoms with Crippen LogP contribution >= 0.6 is 0 Å². The number of esters is 1. The van der Waals surface area contributed by atoms with Crippen LogP contribution in [0.1, 0.15) is 201 Å². The molecule has 0 aromatic heterocycles. The summed E-state index contributed by atoms with van der Waals surface area (Å²) in [7, 11) is 0. The SMILES string of the molecule is CC/C=C/C=C/C=C\C=C/C=C/CCCCCC(=O)OC(CCCCC/C=C\CCC)CC(=O)NC(CO)C(O)CCCCCCCCCCCCCCC. The fraction of sp³-hybridized carbons (Fsp3) is 0.714. The maximum absolute atomic E-state index is 13.1. The maximum atomic E-state index is 13.1. The molecule has 0 aliphatic carbocycles. The average Bonchev–Trinajstić information content (AvgIpc) is 3.18. The molecular formula is C49H85NO5. The zero-order valence-corrected chi connectivity index (χ0v) is 35.8. The Hall–Kier alpha value is -2.70. The number of hydrogen-bond acceptors (Lipinski definition) is 5. The summed E-state index contributed by atoms with van der Waals surface area (Å²) in [4.78, 5) is 25.9. The van der Waals surface area contributed by atoms with Crippen molar-refractivity contribution in [3.63, 3.8) is 0 Å². The van der Waals surface area contributed by atoms with Crippen molar-refractivity contribution < 1.29 is 24.5 Å². The molecule has 0 aromatic rings. The van der Waals surface area contributed by atoms with Gasteiger partial charge in [0.15, 0.2) is 0 Å². The smallest absolute Gasteiger partial charge is 0.306 e. The van der Waals surface area contributed by atoms with Crippen molar-refractivity contribution in [1.29, 1.82) is 0 Å². The molecule has 316 valence electrons. The topological polar surface area (TPSA) is 95.9 Å². The van der Waals surface area contributed by atoms with Gasteiger partial charge in [0.05, 0.1) is 25.2 Å². The average molecular weight is 768 g/mol. The van der Waals surface area contributed by atoms with E-state index in [4.69, 9.17) is 4.74 Å². The van der Waals surface area contributed by atoms with Crippen LogP contribution in [-0.2, 0) is 14.3 Å². The minimum atomic E-state index is -0.800. The van der Waals surface area contributed by atoms with Gasteiger partial charge in [0.25, 0.3) is 0 Å². The van der Waals surface area contributed by atoms with E-state index < -0.39 is 18.2 Å². The highest BCUT2D eigenvalue weighted by Crippen LogP contribution is 2.17. The molecule has 0 aliphatic heterocycles. The van der Waals surface area contributed by atoms with Gasteiger partial charge in [-0.3, -0.25) is 9.59 Å². The molecule has 0 heterocycles. The van der Waals surface area contributed by atoms with Crippen LogP contribution in [0, 0.1) is 0 Å². The Labute approximate surface area is 339 Å². The molecule has 3 atom stereocenters. The zero-order chi connectivity index (χ0) is 40.3. The molecule has 0 rings (SSSR count). The highest BCUT2D eigenvalue weighted by molar-refractivity contribution is 5.77. The van der Waals surface area contributed by atoms with Crippen molar-refractivity contribution in [1.82, 2.24) is 5.32 Å². The Morgan fingerprint density at radius 2 is 1.04 bits per heavy atom. The lowest BCUT2D eigenvalue weighted by molar-refractivity contribution is -0.151. The van der Waals surface area contributed by atoms with Gasteiger partial charge in [0, 0.05) is 6.42 Å². The number of ether oxygens (including phenoxy) is 1. The summed E-state index contributed by atoms with van der Waals surface area (Å²) < 4.78 is 5.85. The van der Waals surface area contributed by atoms with Crippen molar-refractivity contribution in [2.24, 2.45) is 0 Å². The highest BCUT2D eigenvalue weighted by Gasteiger charge is 2.24. The predicted octanol–water partition coefficient (Wildman–Crippen LogP) is 13.1. The summed E-state index contributed by atoms with van der Waals surface area (Å²) in [6.07, 6.45) is 52.5. The van der Waals surface area contributed by atoms with Gasteiger partial charge in [-0.05, 0) is 64.2 Å².